The van der Waals surface area contributed by atoms with Crippen LogP contribution in [-0.4, -0.2) is 34.3 Å². The van der Waals surface area contributed by atoms with Crippen molar-refractivity contribution in [2.45, 2.75) is 0 Å². The van der Waals surface area contributed by atoms with E-state index in [0.717, 1.165) is 35.4 Å². The summed E-state index contributed by atoms with van der Waals surface area (Å²) in [5, 5.41) is 2.25. The fourth-order valence-corrected chi connectivity index (χ4v) is 3.50. The van der Waals surface area contributed by atoms with Crippen molar-refractivity contribution in [3.63, 3.8) is 0 Å². The van der Waals surface area contributed by atoms with E-state index >= 15 is 0 Å². The summed E-state index contributed by atoms with van der Waals surface area (Å²) < 4.78 is 11.2. The van der Waals surface area contributed by atoms with Crippen molar-refractivity contribution in [1.29, 1.82) is 0 Å². The van der Waals surface area contributed by atoms with Crippen LogP contribution in [0.3, 0.4) is 0 Å². The Morgan fingerprint density at radius 3 is 2.89 bits per heavy atom. The first kappa shape index (κ1) is 12.4. The van der Waals surface area contributed by atoms with Crippen LogP contribution >= 0.6 is 0 Å². The molecule has 100 valence electrons. The molecule has 0 bridgehead atoms. The zero-order valence-corrected chi connectivity index (χ0v) is 11.7. The van der Waals surface area contributed by atoms with Crippen LogP contribution in [-0.2, 0) is 10.8 Å². The zero-order valence-electron chi connectivity index (χ0n) is 10.9. The predicted octanol–water partition coefficient (Wildman–Crippen LogP) is 1.63. The minimum atomic E-state index is -0.719. The van der Waals surface area contributed by atoms with Gasteiger partial charge in [0.2, 0.25) is 0 Å². The van der Waals surface area contributed by atoms with Gasteiger partial charge in [-0.2, -0.15) is 0 Å². The van der Waals surface area contributed by atoms with E-state index in [1.54, 1.807) is 6.26 Å². The monoisotopic (exact) mass is 275 g/mol. The van der Waals surface area contributed by atoms with Gasteiger partial charge in [-0.1, -0.05) is 24.3 Å². The van der Waals surface area contributed by atoms with Crippen molar-refractivity contribution in [2.24, 2.45) is 5.92 Å². The minimum Gasteiger partial charge on any atom is -0.384 e. The normalized spacial score (nSPS) is 17.4. The Hall–Kier alpha value is -1.62. The lowest BCUT2D eigenvalue weighted by molar-refractivity contribution is 0.449. The first-order chi connectivity index (χ1) is 9.13. The van der Waals surface area contributed by atoms with Crippen molar-refractivity contribution in [3.05, 3.63) is 30.3 Å². The number of aromatic nitrogens is 1. The highest BCUT2D eigenvalue weighted by atomic mass is 32.2. The van der Waals surface area contributed by atoms with Crippen LogP contribution < -0.4 is 10.6 Å². The Labute approximate surface area is 115 Å². The van der Waals surface area contributed by atoms with Crippen molar-refractivity contribution < 1.29 is 4.21 Å². The summed E-state index contributed by atoms with van der Waals surface area (Å²) >= 11 is 0. The topological polar surface area (TPSA) is 59.2 Å². The quantitative estimate of drug-likeness (QED) is 0.925. The fraction of sp³-hybridized carbons (Fsp3) is 0.357. The van der Waals surface area contributed by atoms with Gasteiger partial charge in [-0.3, -0.25) is 4.21 Å². The summed E-state index contributed by atoms with van der Waals surface area (Å²) in [5.74, 6) is 2.79. The molecule has 1 aromatic carbocycles. The summed E-state index contributed by atoms with van der Waals surface area (Å²) in [6.45, 7) is 1.83. The van der Waals surface area contributed by atoms with E-state index in [9.17, 15) is 4.21 Å². The molecule has 0 amide bonds. The first-order valence-corrected chi connectivity index (χ1v) is 8.06. The number of hydrogen-bond acceptors (Lipinski definition) is 4. The lowest BCUT2D eigenvalue weighted by Crippen LogP contribution is -2.49. The molecule has 2 heterocycles. The average molecular weight is 275 g/mol. The number of nitrogens with zero attached hydrogens (tertiary/aromatic N) is 2. The number of benzene rings is 1. The summed E-state index contributed by atoms with van der Waals surface area (Å²) in [5.41, 5.74) is 5.87. The van der Waals surface area contributed by atoms with Crippen LogP contribution in [0.4, 0.5) is 11.6 Å². The highest BCUT2D eigenvalue weighted by molar-refractivity contribution is 7.84. The van der Waals surface area contributed by atoms with Crippen LogP contribution in [0.25, 0.3) is 10.8 Å². The highest BCUT2D eigenvalue weighted by Crippen LogP contribution is 2.31. The smallest absolute Gasteiger partial charge is 0.138 e. The van der Waals surface area contributed by atoms with Crippen LogP contribution in [0.5, 0.6) is 0 Å². The van der Waals surface area contributed by atoms with Crippen molar-refractivity contribution >= 4 is 33.2 Å². The number of hydrogen-bond donors (Lipinski definition) is 1. The molecule has 1 fully saturated rings. The summed E-state index contributed by atoms with van der Waals surface area (Å²) in [7, 11) is -0.719. The maximum Gasteiger partial charge on any atom is 0.138 e. The van der Waals surface area contributed by atoms with Crippen molar-refractivity contribution in [2.75, 3.05) is 35.7 Å². The molecule has 1 aromatic heterocycles. The number of nitrogens with two attached hydrogens (primary N) is 1. The second-order valence-electron chi connectivity index (χ2n) is 5.10. The third kappa shape index (κ3) is 2.42. The molecular formula is C14H17N3OS. The molecule has 5 heteroatoms. The number of nitrogen functional groups attached to an aromatic ring is 1. The lowest BCUT2D eigenvalue weighted by Gasteiger charge is -2.40. The maximum absolute atomic E-state index is 11.2. The molecule has 0 saturated carbocycles. The van der Waals surface area contributed by atoms with Gasteiger partial charge in [0.25, 0.3) is 0 Å². The Morgan fingerprint density at radius 1 is 1.42 bits per heavy atom. The Balaban J connectivity index is 1.88. The van der Waals surface area contributed by atoms with Crippen LogP contribution in [0.15, 0.2) is 30.3 Å². The van der Waals surface area contributed by atoms with Crippen LogP contribution in [0, 0.1) is 5.92 Å². The number of anilines is 2. The van der Waals surface area contributed by atoms with Crippen LogP contribution in [0.1, 0.15) is 0 Å². The molecule has 1 atom stereocenters. The molecule has 0 aliphatic carbocycles. The molecule has 19 heavy (non-hydrogen) atoms. The molecule has 0 spiro atoms. The van der Waals surface area contributed by atoms with E-state index in [2.05, 4.69) is 22.0 Å². The predicted molar refractivity (Wildman–Crippen MR) is 80.8 cm³/mol. The summed E-state index contributed by atoms with van der Waals surface area (Å²) in [6, 6.07) is 10.0. The van der Waals surface area contributed by atoms with Gasteiger partial charge in [0, 0.05) is 47.2 Å². The second-order valence-corrected chi connectivity index (χ2v) is 6.58. The molecule has 1 saturated heterocycles. The fourth-order valence-electron chi connectivity index (χ4n) is 2.62. The number of rotatable bonds is 3. The van der Waals surface area contributed by atoms with Crippen LogP contribution in [0.2, 0.25) is 0 Å². The molecule has 3 rings (SSSR count). The molecular weight excluding hydrogens is 258 g/mol. The first-order valence-electron chi connectivity index (χ1n) is 6.33. The van der Waals surface area contributed by atoms with E-state index in [4.69, 9.17) is 5.73 Å². The van der Waals surface area contributed by atoms with Gasteiger partial charge < -0.3 is 10.6 Å². The summed E-state index contributed by atoms with van der Waals surface area (Å²) in [6.07, 6.45) is 1.76. The Bertz CT molecular complexity index is 638. The van der Waals surface area contributed by atoms with Gasteiger partial charge in [0.15, 0.2) is 0 Å². The molecule has 1 aliphatic rings. The molecule has 2 N–H and O–H groups in total. The SMILES string of the molecule is CS(=O)CC1CN(c2nc(N)cc3ccccc23)C1. The van der Waals surface area contributed by atoms with E-state index in [-0.39, 0.29) is 0 Å². The average Bonchev–Trinajstić information content (AvgIpc) is 2.32. The molecule has 4 nitrogen and oxygen atoms in total. The molecule has 2 aromatic rings. The Kier molecular flexibility index (Phi) is 3.14. The third-order valence-corrected chi connectivity index (χ3v) is 4.41. The van der Waals surface area contributed by atoms with Gasteiger partial charge in [-0.15, -0.1) is 0 Å². The van der Waals surface area contributed by atoms with E-state index < -0.39 is 10.8 Å². The lowest BCUT2D eigenvalue weighted by atomic mass is 10.0. The molecule has 0 radical (unpaired) electrons. The highest BCUT2D eigenvalue weighted by Gasteiger charge is 2.29. The van der Waals surface area contributed by atoms with Crippen molar-refractivity contribution in [3.8, 4) is 0 Å². The van der Waals surface area contributed by atoms with E-state index in [0.29, 0.717) is 11.7 Å². The number of fused-ring (bicyclic) bond motifs is 1. The van der Waals surface area contributed by atoms with Gasteiger partial charge >= 0.3 is 0 Å². The molecule has 1 unspecified atom stereocenters. The van der Waals surface area contributed by atoms with Crippen molar-refractivity contribution in [1.82, 2.24) is 4.98 Å². The Morgan fingerprint density at radius 2 is 2.16 bits per heavy atom. The second kappa shape index (κ2) is 4.81. The largest absolute Gasteiger partial charge is 0.384 e. The van der Waals surface area contributed by atoms with E-state index in [1.165, 1.54) is 0 Å². The van der Waals surface area contributed by atoms with Gasteiger partial charge in [-0.05, 0) is 11.5 Å². The van der Waals surface area contributed by atoms with E-state index in [1.807, 2.05) is 18.2 Å². The zero-order chi connectivity index (χ0) is 13.4. The van der Waals surface area contributed by atoms with Gasteiger partial charge in [0.05, 0.1) is 0 Å². The molecule has 1 aliphatic heterocycles. The minimum absolute atomic E-state index is 0.507. The van der Waals surface area contributed by atoms with Gasteiger partial charge in [-0.25, -0.2) is 4.98 Å². The number of pyridine rings is 1. The standard InChI is InChI=1S/C14H17N3OS/c1-19(18)9-10-7-17(8-10)14-12-5-3-2-4-11(12)6-13(15)16-14/h2-6,10H,7-9H2,1H3,(H2,15,16). The third-order valence-electron chi connectivity index (χ3n) is 3.47. The summed E-state index contributed by atoms with van der Waals surface area (Å²) in [4.78, 5) is 6.68. The maximum atomic E-state index is 11.2. The van der Waals surface area contributed by atoms with Gasteiger partial charge in [0.1, 0.15) is 11.6 Å².